The molecular weight excluding hydrogens is 374 g/mol. The topological polar surface area (TPSA) is 60.7 Å². The quantitative estimate of drug-likeness (QED) is 0.630. The fraction of sp³-hybridized carbons (Fsp3) is 0.214. The second kappa shape index (κ2) is 5.96. The summed E-state index contributed by atoms with van der Waals surface area (Å²) in [4.78, 5) is 18.0. The lowest BCUT2D eigenvalue weighted by Crippen LogP contribution is -2.17. The summed E-state index contributed by atoms with van der Waals surface area (Å²) in [5.74, 6) is 0. The molecule has 3 rings (SSSR count). The highest BCUT2D eigenvalue weighted by Crippen LogP contribution is 2.32. The molecule has 0 bridgehead atoms. The van der Waals surface area contributed by atoms with Crippen LogP contribution in [0.1, 0.15) is 23.4 Å². The van der Waals surface area contributed by atoms with Gasteiger partial charge in [0.15, 0.2) is 0 Å². The SMILES string of the molecule is CC(NCc1cc(Br)c(Cl)s1)c1ccc2[nH]c(=O)[nH]c2c1. The number of rotatable bonds is 4. The van der Waals surface area contributed by atoms with Gasteiger partial charge in [0.2, 0.25) is 0 Å². The molecule has 3 aromatic rings. The van der Waals surface area contributed by atoms with Crippen LogP contribution in [0.15, 0.2) is 33.5 Å². The van der Waals surface area contributed by atoms with Crippen LogP contribution in [0.2, 0.25) is 4.34 Å². The van der Waals surface area contributed by atoms with E-state index in [1.54, 1.807) is 11.3 Å². The van der Waals surface area contributed by atoms with Gasteiger partial charge in [-0.1, -0.05) is 17.7 Å². The van der Waals surface area contributed by atoms with Gasteiger partial charge >= 0.3 is 5.69 Å². The Morgan fingerprint density at radius 1 is 1.33 bits per heavy atom. The van der Waals surface area contributed by atoms with E-state index in [9.17, 15) is 4.79 Å². The fourth-order valence-corrected chi connectivity index (χ4v) is 3.91. The number of aromatic nitrogens is 2. The first-order valence-corrected chi connectivity index (χ1v) is 8.40. The minimum atomic E-state index is -0.180. The van der Waals surface area contributed by atoms with Crippen molar-refractivity contribution in [2.75, 3.05) is 0 Å². The van der Waals surface area contributed by atoms with Crippen LogP contribution < -0.4 is 11.0 Å². The zero-order chi connectivity index (χ0) is 15.0. The second-order valence-electron chi connectivity index (χ2n) is 4.82. The molecule has 1 unspecified atom stereocenters. The Hall–Kier alpha value is -1.08. The zero-order valence-corrected chi connectivity index (χ0v) is 14.3. The Bertz CT molecular complexity index is 819. The highest BCUT2D eigenvalue weighted by atomic mass is 79.9. The average molecular weight is 387 g/mol. The van der Waals surface area contributed by atoms with E-state index < -0.39 is 0 Å². The molecule has 21 heavy (non-hydrogen) atoms. The normalized spacial score (nSPS) is 12.9. The number of hydrogen-bond acceptors (Lipinski definition) is 3. The molecule has 0 fully saturated rings. The van der Waals surface area contributed by atoms with E-state index in [1.165, 1.54) is 4.88 Å². The average Bonchev–Trinajstić information content (AvgIpc) is 2.97. The van der Waals surface area contributed by atoms with Gasteiger partial charge in [0.25, 0.3) is 0 Å². The molecule has 2 aromatic heterocycles. The highest BCUT2D eigenvalue weighted by molar-refractivity contribution is 9.10. The predicted molar refractivity (Wildman–Crippen MR) is 91.2 cm³/mol. The van der Waals surface area contributed by atoms with Crippen molar-refractivity contribution < 1.29 is 0 Å². The summed E-state index contributed by atoms with van der Waals surface area (Å²) in [5, 5.41) is 3.46. The zero-order valence-electron chi connectivity index (χ0n) is 11.2. The van der Waals surface area contributed by atoms with Crippen molar-refractivity contribution in [2.24, 2.45) is 0 Å². The molecule has 2 heterocycles. The second-order valence-corrected chi connectivity index (χ2v) is 7.41. The number of benzene rings is 1. The fourth-order valence-electron chi connectivity index (χ4n) is 2.17. The highest BCUT2D eigenvalue weighted by Gasteiger charge is 2.09. The van der Waals surface area contributed by atoms with Crippen LogP contribution in [-0.4, -0.2) is 9.97 Å². The molecular formula is C14H13BrClN3OS. The van der Waals surface area contributed by atoms with Crippen LogP contribution in [0.5, 0.6) is 0 Å². The molecule has 4 nitrogen and oxygen atoms in total. The van der Waals surface area contributed by atoms with Crippen LogP contribution in [-0.2, 0) is 6.54 Å². The number of nitrogens with one attached hydrogen (secondary N) is 3. The Kier molecular flexibility index (Phi) is 4.21. The van der Waals surface area contributed by atoms with Gasteiger partial charge in [0.05, 0.1) is 11.0 Å². The number of halogens is 2. The lowest BCUT2D eigenvalue weighted by Gasteiger charge is -2.13. The van der Waals surface area contributed by atoms with Gasteiger partial charge in [-0.2, -0.15) is 0 Å². The van der Waals surface area contributed by atoms with Crippen molar-refractivity contribution in [1.82, 2.24) is 15.3 Å². The summed E-state index contributed by atoms with van der Waals surface area (Å²) < 4.78 is 1.70. The number of H-pyrrole nitrogens is 2. The van der Waals surface area contributed by atoms with Crippen molar-refractivity contribution in [3.8, 4) is 0 Å². The molecule has 0 aliphatic rings. The summed E-state index contributed by atoms with van der Waals surface area (Å²) >= 11 is 11.0. The maximum atomic E-state index is 11.3. The van der Waals surface area contributed by atoms with Crippen LogP contribution in [0.25, 0.3) is 11.0 Å². The molecule has 0 saturated heterocycles. The largest absolute Gasteiger partial charge is 0.323 e. The third-order valence-electron chi connectivity index (χ3n) is 3.32. The molecule has 3 N–H and O–H groups in total. The van der Waals surface area contributed by atoms with Crippen molar-refractivity contribution in [1.29, 1.82) is 0 Å². The van der Waals surface area contributed by atoms with Crippen molar-refractivity contribution >= 4 is 49.9 Å². The van der Waals surface area contributed by atoms with E-state index >= 15 is 0 Å². The van der Waals surface area contributed by atoms with Crippen LogP contribution in [0.4, 0.5) is 0 Å². The molecule has 1 atom stereocenters. The van der Waals surface area contributed by atoms with E-state index in [-0.39, 0.29) is 11.7 Å². The maximum Gasteiger partial charge on any atom is 0.323 e. The molecule has 0 aliphatic carbocycles. The third kappa shape index (κ3) is 3.23. The van der Waals surface area contributed by atoms with Crippen molar-refractivity contribution in [3.63, 3.8) is 0 Å². The van der Waals surface area contributed by atoms with Gasteiger partial charge < -0.3 is 15.3 Å². The number of imidazole rings is 1. The summed E-state index contributed by atoms with van der Waals surface area (Å²) in [7, 11) is 0. The standard InChI is InChI=1S/C14H13BrClN3OS/c1-7(17-6-9-5-10(15)13(16)21-9)8-2-3-11-12(4-8)19-14(20)18-11/h2-5,7,17H,6H2,1H3,(H2,18,19,20). The summed E-state index contributed by atoms with van der Waals surface area (Å²) in [6.07, 6.45) is 0. The lowest BCUT2D eigenvalue weighted by atomic mass is 10.1. The first-order chi connectivity index (χ1) is 10.0. The number of aromatic amines is 2. The first kappa shape index (κ1) is 14.8. The van der Waals surface area contributed by atoms with E-state index in [0.717, 1.165) is 32.0 Å². The Balaban J connectivity index is 1.73. The predicted octanol–water partition coefficient (Wildman–Crippen LogP) is 4.18. The Morgan fingerprint density at radius 2 is 2.10 bits per heavy atom. The van der Waals surface area contributed by atoms with Gasteiger partial charge in [-0.15, -0.1) is 11.3 Å². The molecule has 1 aromatic carbocycles. The summed E-state index contributed by atoms with van der Waals surface area (Å²) in [5.41, 5.74) is 2.60. The van der Waals surface area contributed by atoms with E-state index in [4.69, 9.17) is 11.6 Å². The van der Waals surface area contributed by atoms with Crippen LogP contribution >= 0.6 is 38.9 Å². The summed E-state index contributed by atoms with van der Waals surface area (Å²) in [6, 6.07) is 8.12. The molecule has 110 valence electrons. The monoisotopic (exact) mass is 385 g/mol. The maximum absolute atomic E-state index is 11.3. The molecule has 7 heteroatoms. The van der Waals surface area contributed by atoms with Crippen molar-refractivity contribution in [3.05, 3.63) is 54.0 Å². The van der Waals surface area contributed by atoms with Gasteiger partial charge in [-0.05, 0) is 46.6 Å². The number of thiophene rings is 1. The molecule has 0 saturated carbocycles. The van der Waals surface area contributed by atoms with Crippen LogP contribution in [0.3, 0.4) is 0 Å². The van der Waals surface area contributed by atoms with E-state index in [1.807, 2.05) is 24.3 Å². The minimum Gasteiger partial charge on any atom is -0.306 e. The Morgan fingerprint density at radius 3 is 2.81 bits per heavy atom. The number of hydrogen-bond donors (Lipinski definition) is 3. The first-order valence-electron chi connectivity index (χ1n) is 6.42. The Labute approximate surface area is 138 Å². The van der Waals surface area contributed by atoms with Gasteiger partial charge in [-0.3, -0.25) is 0 Å². The minimum absolute atomic E-state index is 0.174. The van der Waals surface area contributed by atoms with E-state index in [0.29, 0.717) is 0 Å². The molecule has 0 aliphatic heterocycles. The molecule has 0 spiro atoms. The van der Waals surface area contributed by atoms with Crippen molar-refractivity contribution in [2.45, 2.75) is 19.5 Å². The van der Waals surface area contributed by atoms with Gasteiger partial charge in [0.1, 0.15) is 4.34 Å². The lowest BCUT2D eigenvalue weighted by molar-refractivity contribution is 0.579. The van der Waals surface area contributed by atoms with Gasteiger partial charge in [-0.25, -0.2) is 4.79 Å². The van der Waals surface area contributed by atoms with Crippen LogP contribution in [0, 0.1) is 0 Å². The smallest absolute Gasteiger partial charge is 0.306 e. The van der Waals surface area contributed by atoms with Gasteiger partial charge in [0, 0.05) is 21.9 Å². The molecule has 0 amide bonds. The van der Waals surface area contributed by atoms with E-state index in [2.05, 4.69) is 38.1 Å². The summed E-state index contributed by atoms with van der Waals surface area (Å²) in [6.45, 7) is 2.84. The third-order valence-corrected chi connectivity index (χ3v) is 5.79. The molecule has 0 radical (unpaired) electrons. The number of fused-ring (bicyclic) bond motifs is 1.